The minimum Gasteiger partial charge on any atom is -0.486 e. The first-order valence-electron chi connectivity index (χ1n) is 5.36. The number of carbonyl (C=O) groups is 1. The van der Waals surface area contributed by atoms with Crippen LogP contribution in [-0.4, -0.2) is 12.9 Å². The largest absolute Gasteiger partial charge is 0.486 e. The van der Waals surface area contributed by atoms with Crippen LogP contribution in [0.4, 0.5) is 0 Å². The van der Waals surface area contributed by atoms with E-state index in [-0.39, 0.29) is 6.61 Å². The van der Waals surface area contributed by atoms with E-state index in [1.807, 2.05) is 36.4 Å². The predicted molar refractivity (Wildman–Crippen MR) is 65.3 cm³/mol. The van der Waals surface area contributed by atoms with Gasteiger partial charge in [-0.2, -0.15) is 0 Å². The topological polar surface area (TPSA) is 39.4 Å². The van der Waals surface area contributed by atoms with Crippen LogP contribution in [0, 0.1) is 0 Å². The monoisotopic (exact) mass is 226 g/mol. The Kier molecular flexibility index (Phi) is 2.29. The maximum Gasteiger partial charge on any atom is 0.157 e. The third-order valence-corrected chi connectivity index (χ3v) is 2.67. The molecule has 0 aliphatic carbocycles. The lowest BCUT2D eigenvalue weighted by atomic mass is 10.1. The lowest BCUT2D eigenvalue weighted by Gasteiger charge is -2.00. The average molecular weight is 226 g/mol. The number of hydrogen-bond donors (Lipinski definition) is 0. The van der Waals surface area contributed by atoms with Gasteiger partial charge in [0.15, 0.2) is 6.29 Å². The quantitative estimate of drug-likeness (QED) is 0.644. The number of hydrogen-bond acceptors (Lipinski definition) is 3. The summed E-state index contributed by atoms with van der Waals surface area (Å²) < 4.78 is 11.0. The molecule has 3 rings (SSSR count). The minimum atomic E-state index is 0.0707. The molecule has 1 heterocycles. The lowest BCUT2D eigenvalue weighted by molar-refractivity contribution is -0.109. The first kappa shape index (κ1) is 9.90. The van der Waals surface area contributed by atoms with Crippen LogP contribution >= 0.6 is 0 Å². The molecule has 0 atom stereocenters. The number of rotatable bonds is 3. The Labute approximate surface area is 97.6 Å². The second kappa shape index (κ2) is 3.94. The van der Waals surface area contributed by atoms with Crippen molar-refractivity contribution in [2.24, 2.45) is 0 Å². The Bertz CT molecular complexity index is 682. The van der Waals surface area contributed by atoms with Crippen molar-refractivity contribution in [3.05, 3.63) is 42.5 Å². The summed E-state index contributed by atoms with van der Waals surface area (Å²) in [6.45, 7) is 0.0707. The number of fused-ring (bicyclic) bond motifs is 3. The van der Waals surface area contributed by atoms with E-state index in [9.17, 15) is 4.79 Å². The predicted octanol–water partition coefficient (Wildman–Crippen LogP) is 3.16. The molecule has 0 fully saturated rings. The fourth-order valence-corrected chi connectivity index (χ4v) is 1.93. The van der Waals surface area contributed by atoms with Crippen LogP contribution in [0.15, 0.2) is 46.9 Å². The third-order valence-electron chi connectivity index (χ3n) is 2.67. The molecule has 0 radical (unpaired) electrons. The zero-order valence-electron chi connectivity index (χ0n) is 9.05. The molecule has 0 amide bonds. The number of benzene rings is 2. The van der Waals surface area contributed by atoms with Crippen molar-refractivity contribution in [1.82, 2.24) is 0 Å². The highest BCUT2D eigenvalue weighted by Gasteiger charge is 2.06. The van der Waals surface area contributed by atoms with Gasteiger partial charge in [0.25, 0.3) is 0 Å². The van der Waals surface area contributed by atoms with Crippen LogP contribution in [0.5, 0.6) is 5.75 Å². The van der Waals surface area contributed by atoms with E-state index in [0.29, 0.717) is 5.75 Å². The van der Waals surface area contributed by atoms with Gasteiger partial charge < -0.3 is 9.15 Å². The van der Waals surface area contributed by atoms with Gasteiger partial charge in [-0.25, -0.2) is 0 Å². The third kappa shape index (κ3) is 1.65. The van der Waals surface area contributed by atoms with Crippen LogP contribution in [0.25, 0.3) is 21.9 Å². The zero-order chi connectivity index (χ0) is 11.7. The lowest BCUT2D eigenvalue weighted by Crippen LogP contribution is -1.96. The van der Waals surface area contributed by atoms with Crippen LogP contribution in [0.2, 0.25) is 0 Å². The molecule has 0 bridgehead atoms. The summed E-state index contributed by atoms with van der Waals surface area (Å²) in [5.74, 6) is 0.677. The second-order valence-corrected chi connectivity index (χ2v) is 3.73. The van der Waals surface area contributed by atoms with E-state index < -0.39 is 0 Å². The molecule has 3 aromatic rings. The van der Waals surface area contributed by atoms with Crippen LogP contribution in [-0.2, 0) is 4.79 Å². The fraction of sp³-hybridized carbons (Fsp3) is 0.0714. The highest BCUT2D eigenvalue weighted by molar-refractivity contribution is 6.05. The zero-order valence-corrected chi connectivity index (χ0v) is 9.05. The minimum absolute atomic E-state index is 0.0707. The Morgan fingerprint density at radius 3 is 2.76 bits per heavy atom. The molecule has 0 saturated heterocycles. The molecule has 3 nitrogen and oxygen atoms in total. The van der Waals surface area contributed by atoms with Gasteiger partial charge in [-0.05, 0) is 24.3 Å². The molecule has 0 unspecified atom stereocenters. The fourth-order valence-electron chi connectivity index (χ4n) is 1.93. The van der Waals surface area contributed by atoms with E-state index in [2.05, 4.69) is 0 Å². The molecule has 17 heavy (non-hydrogen) atoms. The van der Waals surface area contributed by atoms with Crippen molar-refractivity contribution in [1.29, 1.82) is 0 Å². The van der Waals surface area contributed by atoms with Gasteiger partial charge in [0.2, 0.25) is 0 Å². The van der Waals surface area contributed by atoms with Crippen LogP contribution in [0.1, 0.15) is 0 Å². The smallest absolute Gasteiger partial charge is 0.157 e. The summed E-state index contributed by atoms with van der Waals surface area (Å²) in [7, 11) is 0. The SMILES string of the molecule is O=CCOc1ccc2oc3ccccc3c2c1. The van der Waals surface area contributed by atoms with E-state index in [1.165, 1.54) is 0 Å². The van der Waals surface area contributed by atoms with Crippen molar-refractivity contribution >= 4 is 28.2 Å². The van der Waals surface area contributed by atoms with Crippen molar-refractivity contribution in [3.63, 3.8) is 0 Å². The number of aldehydes is 1. The molecule has 1 aromatic heterocycles. The van der Waals surface area contributed by atoms with Crippen molar-refractivity contribution in [2.45, 2.75) is 0 Å². The van der Waals surface area contributed by atoms with Gasteiger partial charge in [-0.3, -0.25) is 4.79 Å². The van der Waals surface area contributed by atoms with Crippen LogP contribution in [0.3, 0.4) is 0 Å². The molecule has 0 N–H and O–H groups in total. The standard InChI is InChI=1S/C14H10O3/c15-7-8-16-10-5-6-14-12(9-10)11-3-1-2-4-13(11)17-14/h1-7,9H,8H2. The Morgan fingerprint density at radius 1 is 1.06 bits per heavy atom. The van der Waals surface area contributed by atoms with Crippen LogP contribution < -0.4 is 4.74 Å². The van der Waals surface area contributed by atoms with Gasteiger partial charge in [0.1, 0.15) is 23.5 Å². The van der Waals surface area contributed by atoms with Gasteiger partial charge in [0.05, 0.1) is 0 Å². The number of ether oxygens (including phenoxy) is 1. The first-order chi connectivity index (χ1) is 8.38. The summed E-state index contributed by atoms with van der Waals surface area (Å²) in [4.78, 5) is 10.3. The second-order valence-electron chi connectivity index (χ2n) is 3.73. The molecule has 3 heteroatoms. The maximum atomic E-state index is 10.3. The Balaban J connectivity index is 2.19. The van der Waals surface area contributed by atoms with Gasteiger partial charge in [-0.15, -0.1) is 0 Å². The van der Waals surface area contributed by atoms with Crippen molar-refractivity contribution < 1.29 is 13.9 Å². The molecule has 0 spiro atoms. The normalized spacial score (nSPS) is 10.8. The van der Waals surface area contributed by atoms with E-state index in [0.717, 1.165) is 28.2 Å². The van der Waals surface area contributed by atoms with E-state index in [1.54, 1.807) is 6.07 Å². The molecular formula is C14H10O3. The summed E-state index contributed by atoms with van der Waals surface area (Å²) in [5.41, 5.74) is 1.68. The first-order valence-corrected chi connectivity index (χ1v) is 5.36. The molecule has 0 saturated carbocycles. The van der Waals surface area contributed by atoms with Gasteiger partial charge in [0, 0.05) is 10.8 Å². The number of carbonyl (C=O) groups excluding carboxylic acids is 1. The van der Waals surface area contributed by atoms with Gasteiger partial charge in [-0.1, -0.05) is 18.2 Å². The van der Waals surface area contributed by atoms with Gasteiger partial charge >= 0.3 is 0 Å². The highest BCUT2D eigenvalue weighted by atomic mass is 16.5. The molecular weight excluding hydrogens is 216 g/mol. The summed E-state index contributed by atoms with van der Waals surface area (Å²) in [5, 5.41) is 2.06. The highest BCUT2D eigenvalue weighted by Crippen LogP contribution is 2.31. The van der Waals surface area contributed by atoms with E-state index >= 15 is 0 Å². The Hall–Kier alpha value is -2.29. The maximum absolute atomic E-state index is 10.3. The average Bonchev–Trinajstić information content (AvgIpc) is 2.74. The summed E-state index contributed by atoms with van der Waals surface area (Å²) in [6.07, 6.45) is 0.734. The van der Waals surface area contributed by atoms with Crippen molar-refractivity contribution in [2.75, 3.05) is 6.61 Å². The number of furan rings is 1. The van der Waals surface area contributed by atoms with Crippen molar-refractivity contribution in [3.8, 4) is 5.75 Å². The van der Waals surface area contributed by atoms with E-state index in [4.69, 9.17) is 9.15 Å². The summed E-state index contributed by atoms with van der Waals surface area (Å²) in [6, 6.07) is 13.4. The summed E-state index contributed by atoms with van der Waals surface area (Å²) >= 11 is 0. The molecule has 0 aliphatic heterocycles. The molecule has 84 valence electrons. The molecule has 0 aliphatic rings. The Morgan fingerprint density at radius 2 is 1.88 bits per heavy atom. The number of para-hydroxylation sites is 1. The molecule has 2 aromatic carbocycles.